The first kappa shape index (κ1) is 18.9. The number of rotatable bonds is 5. The number of pyridine rings is 1. The van der Waals surface area contributed by atoms with Gasteiger partial charge >= 0.3 is 0 Å². The largest absolute Gasteiger partial charge is 0.493 e. The van der Waals surface area contributed by atoms with Crippen molar-refractivity contribution in [3.63, 3.8) is 0 Å². The highest BCUT2D eigenvalue weighted by atomic mass is 32.1. The molecule has 0 unspecified atom stereocenters. The van der Waals surface area contributed by atoms with E-state index in [0.717, 1.165) is 27.9 Å². The second kappa shape index (κ2) is 7.89. The van der Waals surface area contributed by atoms with Gasteiger partial charge in [-0.25, -0.2) is 4.98 Å². The number of benzene rings is 2. The molecule has 0 spiro atoms. The van der Waals surface area contributed by atoms with Gasteiger partial charge in [0, 0.05) is 27.6 Å². The van der Waals surface area contributed by atoms with Gasteiger partial charge in [0.05, 0.1) is 25.4 Å². The Bertz CT molecular complexity index is 1200. The lowest BCUT2D eigenvalue weighted by atomic mass is 10.1. The molecule has 0 aliphatic carbocycles. The third-order valence-electron chi connectivity index (χ3n) is 4.50. The fourth-order valence-electron chi connectivity index (χ4n) is 2.99. The minimum Gasteiger partial charge on any atom is -0.493 e. The van der Waals surface area contributed by atoms with Crippen molar-refractivity contribution in [1.82, 2.24) is 9.97 Å². The molecule has 4 rings (SSSR count). The van der Waals surface area contributed by atoms with Crippen LogP contribution < -0.4 is 14.8 Å². The van der Waals surface area contributed by atoms with E-state index in [1.54, 1.807) is 26.4 Å². The molecule has 4 aromatic rings. The second-order valence-electron chi connectivity index (χ2n) is 6.42. The third-order valence-corrected chi connectivity index (χ3v) is 5.26. The van der Waals surface area contributed by atoms with Crippen LogP contribution in [0.15, 0.2) is 53.9 Å². The molecule has 0 aliphatic heterocycles. The van der Waals surface area contributed by atoms with Gasteiger partial charge in [0.1, 0.15) is 0 Å². The van der Waals surface area contributed by atoms with E-state index in [9.17, 15) is 4.79 Å². The summed E-state index contributed by atoms with van der Waals surface area (Å²) in [4.78, 5) is 21.7. The van der Waals surface area contributed by atoms with Crippen LogP contribution in [0.25, 0.3) is 22.2 Å². The number of ether oxygens (including phenoxy) is 2. The lowest BCUT2D eigenvalue weighted by molar-refractivity contribution is 0.102. The van der Waals surface area contributed by atoms with Gasteiger partial charge in [-0.3, -0.25) is 15.1 Å². The molecule has 0 aliphatic rings. The normalized spacial score (nSPS) is 10.7. The van der Waals surface area contributed by atoms with E-state index in [0.29, 0.717) is 22.2 Å². The van der Waals surface area contributed by atoms with E-state index in [2.05, 4.69) is 15.3 Å². The first-order chi connectivity index (χ1) is 14.1. The van der Waals surface area contributed by atoms with Crippen LogP contribution >= 0.6 is 11.3 Å². The van der Waals surface area contributed by atoms with E-state index in [4.69, 9.17) is 9.47 Å². The second-order valence-corrected chi connectivity index (χ2v) is 7.28. The van der Waals surface area contributed by atoms with Gasteiger partial charge in [0.2, 0.25) is 0 Å². The zero-order valence-electron chi connectivity index (χ0n) is 16.2. The first-order valence-corrected chi connectivity index (χ1v) is 9.82. The molecule has 0 fully saturated rings. The average molecular weight is 405 g/mol. The molecule has 6 nitrogen and oxygen atoms in total. The van der Waals surface area contributed by atoms with Crippen LogP contribution in [0.5, 0.6) is 11.5 Å². The SMILES string of the molecule is COc1ccc(-c2csc(NC(=O)c3ccc4ccc(C)nc4c3)n2)cc1OC. The van der Waals surface area contributed by atoms with E-state index < -0.39 is 0 Å². The number of anilines is 1. The van der Waals surface area contributed by atoms with E-state index in [1.807, 2.05) is 48.7 Å². The fraction of sp³-hybridized carbons (Fsp3) is 0.136. The average Bonchev–Trinajstić information content (AvgIpc) is 3.21. The Kier molecular flexibility index (Phi) is 5.14. The van der Waals surface area contributed by atoms with Crippen LogP contribution in [0.4, 0.5) is 5.13 Å². The van der Waals surface area contributed by atoms with Crippen molar-refractivity contribution in [3.8, 4) is 22.8 Å². The number of fused-ring (bicyclic) bond motifs is 1. The third kappa shape index (κ3) is 3.90. The van der Waals surface area contributed by atoms with E-state index in [1.165, 1.54) is 11.3 Å². The van der Waals surface area contributed by atoms with Crippen LogP contribution in [0.1, 0.15) is 16.1 Å². The van der Waals surface area contributed by atoms with Crippen molar-refractivity contribution in [2.24, 2.45) is 0 Å². The summed E-state index contributed by atoms with van der Waals surface area (Å²) in [5, 5.41) is 6.28. The number of hydrogen-bond acceptors (Lipinski definition) is 6. The van der Waals surface area contributed by atoms with Crippen LogP contribution in [-0.4, -0.2) is 30.1 Å². The maximum atomic E-state index is 12.7. The smallest absolute Gasteiger partial charge is 0.257 e. The summed E-state index contributed by atoms with van der Waals surface area (Å²) in [6, 6.07) is 15.0. The highest BCUT2D eigenvalue weighted by molar-refractivity contribution is 7.14. The Labute approximate surface area is 172 Å². The molecule has 7 heteroatoms. The predicted octanol–water partition coefficient (Wildman–Crippen LogP) is 4.94. The summed E-state index contributed by atoms with van der Waals surface area (Å²) in [6.07, 6.45) is 0. The summed E-state index contributed by atoms with van der Waals surface area (Å²) in [7, 11) is 3.19. The Balaban J connectivity index is 1.55. The number of carbonyl (C=O) groups excluding carboxylic acids is 1. The lowest BCUT2D eigenvalue weighted by Gasteiger charge is -2.08. The Morgan fingerprint density at radius 1 is 0.966 bits per heavy atom. The number of amides is 1. The summed E-state index contributed by atoms with van der Waals surface area (Å²) >= 11 is 1.37. The van der Waals surface area contributed by atoms with Gasteiger partial charge in [0.15, 0.2) is 16.6 Å². The van der Waals surface area contributed by atoms with Crippen LogP contribution in [0, 0.1) is 6.92 Å². The van der Waals surface area contributed by atoms with Gasteiger partial charge in [-0.1, -0.05) is 12.1 Å². The molecule has 2 aromatic heterocycles. The highest BCUT2D eigenvalue weighted by Gasteiger charge is 2.13. The summed E-state index contributed by atoms with van der Waals surface area (Å²) in [5.41, 5.74) is 3.88. The predicted molar refractivity (Wildman–Crippen MR) is 115 cm³/mol. The summed E-state index contributed by atoms with van der Waals surface area (Å²) < 4.78 is 10.6. The van der Waals surface area contributed by atoms with Crippen molar-refractivity contribution >= 4 is 33.3 Å². The van der Waals surface area contributed by atoms with Gasteiger partial charge in [-0.05, 0) is 43.3 Å². The topological polar surface area (TPSA) is 73.3 Å². The van der Waals surface area contributed by atoms with Gasteiger partial charge in [-0.15, -0.1) is 11.3 Å². The molecule has 0 saturated heterocycles. The Hall–Kier alpha value is -3.45. The molecule has 0 radical (unpaired) electrons. The standard InChI is InChI=1S/C22H19N3O3S/c1-13-4-5-14-6-7-16(10-17(14)23-13)21(26)25-22-24-18(12-29-22)15-8-9-19(27-2)20(11-15)28-3/h4-12H,1-3H3,(H,24,25,26). The molecule has 146 valence electrons. The van der Waals surface area contributed by atoms with Crippen molar-refractivity contribution in [1.29, 1.82) is 0 Å². The number of carbonyl (C=O) groups is 1. The zero-order chi connectivity index (χ0) is 20.4. The number of aromatic nitrogens is 2. The number of hydrogen-bond donors (Lipinski definition) is 1. The Morgan fingerprint density at radius 3 is 2.55 bits per heavy atom. The van der Waals surface area contributed by atoms with Gasteiger partial charge < -0.3 is 9.47 Å². The number of thiazole rings is 1. The number of nitrogens with zero attached hydrogens (tertiary/aromatic N) is 2. The van der Waals surface area contributed by atoms with Crippen molar-refractivity contribution < 1.29 is 14.3 Å². The number of aryl methyl sites for hydroxylation is 1. The van der Waals surface area contributed by atoms with Crippen molar-refractivity contribution in [2.45, 2.75) is 6.92 Å². The quantitative estimate of drug-likeness (QED) is 0.509. The lowest BCUT2D eigenvalue weighted by Crippen LogP contribution is -2.11. The molecule has 1 N–H and O–H groups in total. The molecule has 2 aromatic carbocycles. The maximum Gasteiger partial charge on any atom is 0.257 e. The zero-order valence-corrected chi connectivity index (χ0v) is 17.0. The minimum absolute atomic E-state index is 0.219. The van der Waals surface area contributed by atoms with Gasteiger partial charge in [-0.2, -0.15) is 0 Å². The Morgan fingerprint density at radius 2 is 1.76 bits per heavy atom. The van der Waals surface area contributed by atoms with Gasteiger partial charge in [0.25, 0.3) is 5.91 Å². The highest BCUT2D eigenvalue weighted by Crippen LogP contribution is 2.33. The van der Waals surface area contributed by atoms with Crippen molar-refractivity contribution in [3.05, 3.63) is 65.2 Å². The molecule has 0 atom stereocenters. The minimum atomic E-state index is -0.219. The molecular weight excluding hydrogens is 386 g/mol. The summed E-state index contributed by atoms with van der Waals surface area (Å²) in [6.45, 7) is 1.93. The van der Waals surface area contributed by atoms with Crippen molar-refractivity contribution in [2.75, 3.05) is 19.5 Å². The monoisotopic (exact) mass is 405 g/mol. The van der Waals surface area contributed by atoms with Crippen LogP contribution in [-0.2, 0) is 0 Å². The van der Waals surface area contributed by atoms with Crippen LogP contribution in [0.2, 0.25) is 0 Å². The maximum absolute atomic E-state index is 12.7. The molecule has 0 saturated carbocycles. The molecule has 1 amide bonds. The fourth-order valence-corrected chi connectivity index (χ4v) is 3.70. The van der Waals surface area contributed by atoms with E-state index in [-0.39, 0.29) is 5.91 Å². The molecular formula is C22H19N3O3S. The number of methoxy groups -OCH3 is 2. The first-order valence-electron chi connectivity index (χ1n) is 8.94. The molecule has 29 heavy (non-hydrogen) atoms. The number of nitrogens with one attached hydrogen (secondary N) is 1. The molecule has 2 heterocycles. The summed E-state index contributed by atoms with van der Waals surface area (Å²) in [5.74, 6) is 1.06. The molecule has 0 bridgehead atoms. The van der Waals surface area contributed by atoms with Crippen LogP contribution in [0.3, 0.4) is 0 Å². The van der Waals surface area contributed by atoms with E-state index >= 15 is 0 Å².